The van der Waals surface area contributed by atoms with E-state index in [0.29, 0.717) is 24.2 Å². The van der Waals surface area contributed by atoms with Crippen molar-refractivity contribution in [3.8, 4) is 11.3 Å². The molecule has 276 valence electrons. The number of fused-ring (bicyclic) bond motifs is 1. The monoisotopic (exact) mass is 717 g/mol. The predicted octanol–water partition coefficient (Wildman–Crippen LogP) is 1.60. The number of aliphatic hydroxyl groups excluding tert-OH is 1. The van der Waals surface area contributed by atoms with Crippen molar-refractivity contribution < 1.29 is 44.4 Å². The fourth-order valence-electron chi connectivity index (χ4n) is 5.47. The third-order valence-electron chi connectivity index (χ3n) is 8.23. The summed E-state index contributed by atoms with van der Waals surface area (Å²) < 4.78 is 1.48. The van der Waals surface area contributed by atoms with Crippen molar-refractivity contribution in [2.45, 2.75) is 69.5 Å². The molecule has 4 rings (SSSR count). The van der Waals surface area contributed by atoms with Crippen LogP contribution in [0, 0.1) is 0 Å². The number of benzene rings is 3. The summed E-state index contributed by atoms with van der Waals surface area (Å²) in [6.07, 6.45) is -0.190. The lowest BCUT2D eigenvalue weighted by Gasteiger charge is -2.22. The minimum Gasteiger partial charge on any atom is -0.481 e. The largest absolute Gasteiger partial charge is 0.481 e. The zero-order valence-corrected chi connectivity index (χ0v) is 28.3. The summed E-state index contributed by atoms with van der Waals surface area (Å²) in [5.41, 5.74) is 8.72. The molecule has 16 nitrogen and oxygen atoms in total. The van der Waals surface area contributed by atoms with Crippen molar-refractivity contribution in [3.63, 3.8) is 0 Å². The third kappa shape index (κ3) is 12.1. The van der Waals surface area contributed by atoms with Gasteiger partial charge >= 0.3 is 18.0 Å². The second kappa shape index (κ2) is 18.8. The number of carbonyl (C=O) groups is 5. The SMILES string of the molecule is Nc1ccc(-c2ccn(CC(=O)N[C@@H](Cc3ccc4ccccc4c3)C(=O)NCCCC[C@H](NC(=O)N[C@@H](CCC(=O)O)C(=O)O)C(O)O)n2)cc1. The standard InChI is InChI=1S/C36H43N7O9/c37-26-12-10-24(11-13-26)27-16-18-43(42-27)21-31(44)39-30(20-22-8-9-23-5-1-2-6-25(23)19-22)33(47)38-17-4-3-7-28(34(48)49)40-36(52)41-29(35(50)51)14-15-32(45)46/h1-2,5-6,8-13,16,18-19,28-30,34,48-49H,3-4,7,14-15,17,20-21,37H2,(H,38,47)(H,39,44)(H,45,46)(H,50,51)(H2,40,41,52)/t28-,29-,30-/m0/s1. The second-order valence-electron chi connectivity index (χ2n) is 12.3. The Labute approximate surface area is 299 Å². The molecule has 0 aliphatic heterocycles. The summed E-state index contributed by atoms with van der Waals surface area (Å²) in [5, 5.41) is 54.1. The highest BCUT2D eigenvalue weighted by atomic mass is 16.5. The first-order valence-corrected chi connectivity index (χ1v) is 16.7. The lowest BCUT2D eigenvalue weighted by Crippen LogP contribution is -2.52. The number of aromatic nitrogens is 2. The second-order valence-corrected chi connectivity index (χ2v) is 12.3. The van der Waals surface area contributed by atoms with Gasteiger partial charge < -0.3 is 47.4 Å². The van der Waals surface area contributed by atoms with Crippen molar-refractivity contribution in [2.75, 3.05) is 12.3 Å². The molecule has 4 aromatic rings. The minimum atomic E-state index is -1.97. The summed E-state index contributed by atoms with van der Waals surface area (Å²) in [6.45, 7) is 0.0401. The molecule has 0 fully saturated rings. The molecule has 52 heavy (non-hydrogen) atoms. The Morgan fingerprint density at radius 2 is 1.54 bits per heavy atom. The summed E-state index contributed by atoms with van der Waals surface area (Å²) in [5.74, 6) is -3.52. The van der Waals surface area contributed by atoms with Crippen LogP contribution in [0.2, 0.25) is 0 Å². The van der Waals surface area contributed by atoms with E-state index in [0.717, 1.165) is 21.9 Å². The number of rotatable bonds is 19. The van der Waals surface area contributed by atoms with Crippen LogP contribution in [-0.2, 0) is 32.1 Å². The fraction of sp³-hybridized carbons (Fsp3) is 0.333. The van der Waals surface area contributed by atoms with Crippen LogP contribution in [0.15, 0.2) is 79.0 Å². The van der Waals surface area contributed by atoms with E-state index in [9.17, 15) is 39.3 Å². The average molecular weight is 718 g/mol. The number of aliphatic carboxylic acids is 2. The molecule has 4 amide bonds. The van der Waals surface area contributed by atoms with E-state index in [1.165, 1.54) is 4.68 Å². The third-order valence-corrected chi connectivity index (χ3v) is 8.23. The molecule has 0 unspecified atom stereocenters. The van der Waals surface area contributed by atoms with Crippen LogP contribution in [0.3, 0.4) is 0 Å². The van der Waals surface area contributed by atoms with E-state index in [-0.39, 0.29) is 32.4 Å². The number of amides is 4. The van der Waals surface area contributed by atoms with Crippen LogP contribution in [0.25, 0.3) is 22.0 Å². The number of anilines is 1. The molecule has 3 aromatic carbocycles. The van der Waals surface area contributed by atoms with E-state index in [1.54, 1.807) is 24.4 Å². The minimum absolute atomic E-state index is 0.0628. The van der Waals surface area contributed by atoms with E-state index in [1.807, 2.05) is 54.6 Å². The first kappa shape index (κ1) is 38.8. The van der Waals surface area contributed by atoms with Gasteiger partial charge in [0, 0.05) is 36.8 Å². The van der Waals surface area contributed by atoms with Gasteiger partial charge in [0.15, 0.2) is 6.29 Å². The smallest absolute Gasteiger partial charge is 0.326 e. The van der Waals surface area contributed by atoms with Crippen molar-refractivity contribution in [3.05, 3.63) is 84.6 Å². The molecular formula is C36H43N7O9. The number of nitrogen functional groups attached to an aromatic ring is 1. The number of nitrogens with two attached hydrogens (primary N) is 1. The zero-order chi connectivity index (χ0) is 37.6. The van der Waals surface area contributed by atoms with E-state index in [4.69, 9.17) is 10.8 Å². The summed E-state index contributed by atoms with van der Waals surface area (Å²) in [4.78, 5) is 61.1. The van der Waals surface area contributed by atoms with Crippen LogP contribution in [0.4, 0.5) is 10.5 Å². The van der Waals surface area contributed by atoms with Gasteiger partial charge in [-0.25, -0.2) is 9.59 Å². The quantitative estimate of drug-likeness (QED) is 0.0382. The lowest BCUT2D eigenvalue weighted by molar-refractivity contribution is -0.140. The predicted molar refractivity (Wildman–Crippen MR) is 190 cm³/mol. The number of nitrogens with one attached hydrogen (secondary N) is 4. The number of carboxylic acids is 2. The molecule has 3 atom stereocenters. The summed E-state index contributed by atoms with van der Waals surface area (Å²) in [7, 11) is 0. The van der Waals surface area contributed by atoms with Gasteiger partial charge in [-0.15, -0.1) is 0 Å². The molecule has 0 bridgehead atoms. The molecule has 0 saturated carbocycles. The molecule has 0 radical (unpaired) electrons. The maximum absolute atomic E-state index is 13.4. The highest BCUT2D eigenvalue weighted by Crippen LogP contribution is 2.19. The Morgan fingerprint density at radius 3 is 2.23 bits per heavy atom. The van der Waals surface area contributed by atoms with Crippen LogP contribution < -0.4 is 27.0 Å². The molecule has 0 saturated heterocycles. The highest BCUT2D eigenvalue weighted by Gasteiger charge is 2.25. The van der Waals surface area contributed by atoms with Crippen molar-refractivity contribution >= 4 is 46.2 Å². The zero-order valence-electron chi connectivity index (χ0n) is 28.3. The number of hydrogen-bond acceptors (Lipinski definition) is 9. The Hall–Kier alpha value is -6.00. The molecule has 0 spiro atoms. The van der Waals surface area contributed by atoms with Gasteiger partial charge in [-0.2, -0.15) is 5.10 Å². The molecule has 0 aliphatic carbocycles. The molecule has 0 aliphatic rings. The Balaban J connectivity index is 1.33. The maximum Gasteiger partial charge on any atom is 0.326 e. The summed E-state index contributed by atoms with van der Waals surface area (Å²) in [6, 6.07) is 17.9. The van der Waals surface area contributed by atoms with E-state index < -0.39 is 60.6 Å². The number of aliphatic hydroxyl groups is 2. The van der Waals surface area contributed by atoms with Gasteiger partial charge in [-0.1, -0.05) is 54.6 Å². The van der Waals surface area contributed by atoms with Gasteiger partial charge in [0.2, 0.25) is 11.8 Å². The maximum atomic E-state index is 13.4. The Bertz CT molecular complexity index is 1850. The number of nitrogens with zero attached hydrogens (tertiary/aromatic N) is 2. The van der Waals surface area contributed by atoms with Crippen LogP contribution in [0.1, 0.15) is 37.7 Å². The van der Waals surface area contributed by atoms with Crippen molar-refractivity contribution in [2.24, 2.45) is 0 Å². The van der Waals surface area contributed by atoms with Gasteiger partial charge in [0.05, 0.1) is 11.7 Å². The van der Waals surface area contributed by atoms with E-state index in [2.05, 4.69) is 26.4 Å². The highest BCUT2D eigenvalue weighted by molar-refractivity contribution is 5.88. The van der Waals surface area contributed by atoms with Gasteiger partial charge in [0.1, 0.15) is 18.6 Å². The Morgan fingerprint density at radius 1 is 0.808 bits per heavy atom. The normalized spacial score (nSPS) is 12.8. The van der Waals surface area contributed by atoms with Gasteiger partial charge in [-0.05, 0) is 60.2 Å². The molecule has 10 N–H and O–H groups in total. The average Bonchev–Trinajstić information content (AvgIpc) is 3.57. The lowest BCUT2D eigenvalue weighted by atomic mass is 10.0. The van der Waals surface area contributed by atoms with Crippen molar-refractivity contribution in [1.82, 2.24) is 31.0 Å². The van der Waals surface area contributed by atoms with Crippen LogP contribution in [-0.4, -0.2) is 91.0 Å². The molecule has 16 heteroatoms. The number of carboxylic acid groups (broad SMARTS) is 2. The van der Waals surface area contributed by atoms with Crippen molar-refractivity contribution in [1.29, 1.82) is 0 Å². The first-order chi connectivity index (χ1) is 24.9. The van der Waals surface area contributed by atoms with E-state index >= 15 is 0 Å². The molecule has 1 heterocycles. The molecule has 1 aromatic heterocycles. The van der Waals surface area contributed by atoms with Gasteiger partial charge in [-0.3, -0.25) is 19.1 Å². The van der Waals surface area contributed by atoms with Crippen LogP contribution >= 0.6 is 0 Å². The fourth-order valence-corrected chi connectivity index (χ4v) is 5.47. The Kier molecular flexibility index (Phi) is 14.1. The van der Waals surface area contributed by atoms with Crippen LogP contribution in [0.5, 0.6) is 0 Å². The van der Waals surface area contributed by atoms with Gasteiger partial charge in [0.25, 0.3) is 0 Å². The number of unbranched alkanes of at least 4 members (excludes halogenated alkanes) is 1. The number of carbonyl (C=O) groups excluding carboxylic acids is 3. The number of urea groups is 1. The summed E-state index contributed by atoms with van der Waals surface area (Å²) >= 11 is 0. The molecular weight excluding hydrogens is 674 g/mol. The topological polar surface area (TPSA) is 258 Å². The number of hydrogen-bond donors (Lipinski definition) is 9. The first-order valence-electron chi connectivity index (χ1n) is 16.7.